The minimum atomic E-state index is -0.925. The molecule has 23 heavy (non-hydrogen) atoms. The third-order valence-corrected chi connectivity index (χ3v) is 5.53. The van der Waals surface area contributed by atoms with E-state index in [0.717, 1.165) is 28.2 Å². The van der Waals surface area contributed by atoms with Crippen LogP contribution in [0.15, 0.2) is 30.3 Å². The van der Waals surface area contributed by atoms with Crippen LogP contribution in [0.1, 0.15) is 28.1 Å². The van der Waals surface area contributed by atoms with Crippen molar-refractivity contribution in [1.82, 2.24) is 4.90 Å². The maximum absolute atomic E-state index is 12.7. The number of hydrogen-bond acceptors (Lipinski definition) is 4. The number of aliphatic carboxylic acids is 1. The van der Waals surface area contributed by atoms with Gasteiger partial charge >= 0.3 is 5.97 Å². The topological polar surface area (TPSA) is 66.8 Å². The molecule has 1 saturated heterocycles. The highest BCUT2D eigenvalue weighted by molar-refractivity contribution is 7.17. The summed E-state index contributed by atoms with van der Waals surface area (Å²) in [5.41, 5.74) is 1.98. The molecule has 0 saturated carbocycles. The molecule has 2 aliphatic heterocycles. The number of rotatable bonds is 2. The standard InChI is InChI=1S/C17H15NO4S/c19-16(18-7-3-5-12(18)17(20)21)14-8-10-9-22-13-6-2-1-4-11(13)15(10)23-14/h1-2,4,6,8,12H,3,5,7,9H2,(H,20,21)/t12-/m0/s1. The predicted octanol–water partition coefficient (Wildman–Crippen LogP) is 3.00. The smallest absolute Gasteiger partial charge is 0.326 e. The van der Waals surface area contributed by atoms with Crippen molar-refractivity contribution in [1.29, 1.82) is 0 Å². The molecule has 0 spiro atoms. The Morgan fingerprint density at radius 2 is 2.13 bits per heavy atom. The van der Waals surface area contributed by atoms with Gasteiger partial charge in [0.15, 0.2) is 0 Å². The van der Waals surface area contributed by atoms with Gasteiger partial charge in [0.25, 0.3) is 5.91 Å². The van der Waals surface area contributed by atoms with Gasteiger partial charge in [-0.2, -0.15) is 0 Å². The number of thiophene rings is 1. The summed E-state index contributed by atoms with van der Waals surface area (Å²) in [4.78, 5) is 27.1. The molecule has 0 aliphatic carbocycles. The average Bonchev–Trinajstić information content (AvgIpc) is 3.21. The number of carboxylic acids is 1. The molecule has 3 heterocycles. The average molecular weight is 329 g/mol. The highest BCUT2D eigenvalue weighted by atomic mass is 32.1. The van der Waals surface area contributed by atoms with E-state index in [9.17, 15) is 14.7 Å². The molecule has 1 aromatic carbocycles. The molecule has 1 aromatic heterocycles. The summed E-state index contributed by atoms with van der Waals surface area (Å²) in [6.07, 6.45) is 1.26. The second-order valence-electron chi connectivity index (χ2n) is 5.74. The fourth-order valence-corrected chi connectivity index (χ4v) is 4.37. The SMILES string of the molecule is O=C(O)[C@@H]1CCCN1C(=O)c1cc2c(s1)-c1ccccc1OC2. The van der Waals surface area contributed by atoms with Gasteiger partial charge in [-0.1, -0.05) is 12.1 Å². The van der Waals surface area contributed by atoms with Gasteiger partial charge in [-0.05, 0) is 31.0 Å². The normalized spacial score (nSPS) is 19.0. The van der Waals surface area contributed by atoms with Crippen LogP contribution in [0.25, 0.3) is 10.4 Å². The number of amides is 1. The Labute approximate surface area is 137 Å². The van der Waals surface area contributed by atoms with Crippen molar-refractivity contribution in [2.24, 2.45) is 0 Å². The second kappa shape index (κ2) is 5.38. The van der Waals surface area contributed by atoms with E-state index in [0.29, 0.717) is 24.4 Å². The van der Waals surface area contributed by atoms with Gasteiger partial charge in [0.05, 0.1) is 4.88 Å². The maximum atomic E-state index is 12.7. The predicted molar refractivity (Wildman–Crippen MR) is 85.8 cm³/mol. The summed E-state index contributed by atoms with van der Waals surface area (Å²) < 4.78 is 5.72. The van der Waals surface area contributed by atoms with Crippen LogP contribution >= 0.6 is 11.3 Å². The number of carboxylic acid groups (broad SMARTS) is 1. The Morgan fingerprint density at radius 1 is 1.30 bits per heavy atom. The number of para-hydroxylation sites is 1. The molecule has 1 amide bonds. The number of fused-ring (bicyclic) bond motifs is 3. The van der Waals surface area contributed by atoms with Crippen molar-refractivity contribution in [3.05, 3.63) is 40.8 Å². The zero-order chi connectivity index (χ0) is 16.0. The summed E-state index contributed by atoms with van der Waals surface area (Å²) in [7, 11) is 0. The van der Waals surface area contributed by atoms with Gasteiger partial charge < -0.3 is 14.7 Å². The lowest BCUT2D eigenvalue weighted by molar-refractivity contribution is -0.141. The van der Waals surface area contributed by atoms with Crippen molar-refractivity contribution < 1.29 is 19.4 Å². The fraction of sp³-hybridized carbons (Fsp3) is 0.294. The number of benzene rings is 1. The highest BCUT2D eigenvalue weighted by Crippen LogP contribution is 2.42. The van der Waals surface area contributed by atoms with Crippen molar-refractivity contribution >= 4 is 23.2 Å². The second-order valence-corrected chi connectivity index (χ2v) is 6.80. The first kappa shape index (κ1) is 14.3. The lowest BCUT2D eigenvalue weighted by Gasteiger charge is -2.20. The molecule has 6 heteroatoms. The Morgan fingerprint density at radius 3 is 2.96 bits per heavy atom. The van der Waals surface area contributed by atoms with Crippen LogP contribution in [0, 0.1) is 0 Å². The summed E-state index contributed by atoms with van der Waals surface area (Å²) in [6, 6.07) is 8.90. The van der Waals surface area contributed by atoms with Crippen LogP contribution < -0.4 is 4.74 Å². The quantitative estimate of drug-likeness (QED) is 0.920. The zero-order valence-corrected chi connectivity index (χ0v) is 13.1. The molecule has 1 fully saturated rings. The zero-order valence-electron chi connectivity index (χ0n) is 12.3. The number of ether oxygens (including phenoxy) is 1. The van der Waals surface area contributed by atoms with Gasteiger partial charge in [0.1, 0.15) is 18.4 Å². The Bertz CT molecular complexity index is 798. The van der Waals surface area contributed by atoms with E-state index in [2.05, 4.69) is 0 Å². The van der Waals surface area contributed by atoms with Crippen molar-refractivity contribution in [2.75, 3.05) is 6.54 Å². The van der Waals surface area contributed by atoms with Crippen molar-refractivity contribution in [3.63, 3.8) is 0 Å². The molecular weight excluding hydrogens is 314 g/mol. The molecule has 118 valence electrons. The third-order valence-electron chi connectivity index (χ3n) is 4.33. The highest BCUT2D eigenvalue weighted by Gasteiger charge is 2.35. The van der Waals surface area contributed by atoms with Crippen LogP contribution in [-0.4, -0.2) is 34.5 Å². The molecule has 2 aliphatic rings. The number of nitrogens with zero attached hydrogens (tertiary/aromatic N) is 1. The van der Waals surface area contributed by atoms with Gasteiger partial charge in [-0.25, -0.2) is 4.79 Å². The molecule has 4 rings (SSSR count). The van der Waals surface area contributed by atoms with Crippen LogP contribution in [0.2, 0.25) is 0 Å². The molecule has 5 nitrogen and oxygen atoms in total. The summed E-state index contributed by atoms with van der Waals surface area (Å²) in [6.45, 7) is 0.948. The first-order valence-electron chi connectivity index (χ1n) is 7.54. The van der Waals surface area contributed by atoms with E-state index in [1.807, 2.05) is 30.3 Å². The van der Waals surface area contributed by atoms with Crippen LogP contribution in [0.5, 0.6) is 5.75 Å². The molecule has 0 radical (unpaired) electrons. The number of carbonyl (C=O) groups is 2. The lowest BCUT2D eigenvalue weighted by atomic mass is 10.1. The van der Waals surface area contributed by atoms with Crippen LogP contribution in [0.4, 0.5) is 0 Å². The van der Waals surface area contributed by atoms with Gasteiger partial charge in [-0.3, -0.25) is 4.79 Å². The van der Waals surface area contributed by atoms with E-state index in [-0.39, 0.29) is 5.91 Å². The summed E-state index contributed by atoms with van der Waals surface area (Å²) in [5.74, 6) is -0.289. The van der Waals surface area contributed by atoms with Crippen molar-refractivity contribution in [3.8, 4) is 16.2 Å². The van der Waals surface area contributed by atoms with E-state index >= 15 is 0 Å². The molecule has 0 unspecified atom stereocenters. The lowest BCUT2D eigenvalue weighted by Crippen LogP contribution is -2.40. The number of likely N-dealkylation sites (tertiary alicyclic amines) is 1. The van der Waals surface area contributed by atoms with E-state index in [1.54, 1.807) is 0 Å². The molecule has 2 aromatic rings. The summed E-state index contributed by atoms with van der Waals surface area (Å²) in [5, 5.41) is 9.26. The molecule has 0 bridgehead atoms. The Kier molecular flexibility index (Phi) is 3.34. The third kappa shape index (κ3) is 2.30. The van der Waals surface area contributed by atoms with Crippen LogP contribution in [0.3, 0.4) is 0 Å². The van der Waals surface area contributed by atoms with E-state index < -0.39 is 12.0 Å². The Balaban J connectivity index is 1.69. The summed E-state index contributed by atoms with van der Waals surface area (Å²) >= 11 is 1.42. The maximum Gasteiger partial charge on any atom is 0.326 e. The van der Waals surface area contributed by atoms with Gasteiger partial charge in [0, 0.05) is 22.5 Å². The van der Waals surface area contributed by atoms with Crippen molar-refractivity contribution in [2.45, 2.75) is 25.5 Å². The minimum absolute atomic E-state index is 0.188. The van der Waals surface area contributed by atoms with Crippen LogP contribution in [-0.2, 0) is 11.4 Å². The Hall–Kier alpha value is -2.34. The fourth-order valence-electron chi connectivity index (χ4n) is 3.21. The van der Waals surface area contributed by atoms with E-state index in [1.165, 1.54) is 16.2 Å². The van der Waals surface area contributed by atoms with Gasteiger partial charge in [-0.15, -0.1) is 11.3 Å². The molecular formula is C17H15NO4S. The number of hydrogen-bond donors (Lipinski definition) is 1. The van der Waals surface area contributed by atoms with E-state index in [4.69, 9.17) is 4.74 Å². The molecule has 1 N–H and O–H groups in total. The minimum Gasteiger partial charge on any atom is -0.488 e. The first-order valence-corrected chi connectivity index (χ1v) is 8.35. The largest absolute Gasteiger partial charge is 0.488 e. The van der Waals surface area contributed by atoms with Gasteiger partial charge in [0.2, 0.25) is 0 Å². The molecule has 1 atom stereocenters. The number of carbonyl (C=O) groups excluding carboxylic acids is 1. The first-order chi connectivity index (χ1) is 11.1. The monoisotopic (exact) mass is 329 g/mol.